The van der Waals surface area contributed by atoms with Gasteiger partial charge in [-0.2, -0.15) is 35.1 Å². The SMILES string of the molecule is O=C(O)[C@H]1c2cccc(OS(=O)(=O)C(F)(F)F)c2[C@H]2CN1C(=O)N2OS(=O)(=O)O. The van der Waals surface area contributed by atoms with Crippen molar-refractivity contribution in [1.29, 1.82) is 0 Å². The number of rotatable bonds is 5. The molecular weight excluding hydrogens is 453 g/mol. The topological polar surface area (TPSA) is 168 Å². The number of carbonyl (C=O) groups excluding carboxylic acids is 1. The molecule has 2 atom stereocenters. The molecule has 0 unspecified atom stereocenters. The van der Waals surface area contributed by atoms with Gasteiger partial charge in [0.15, 0.2) is 6.04 Å². The van der Waals surface area contributed by atoms with Crippen LogP contribution >= 0.6 is 0 Å². The molecule has 1 aromatic rings. The molecule has 17 heteroatoms. The Morgan fingerprint density at radius 2 is 1.83 bits per heavy atom. The zero-order valence-electron chi connectivity index (χ0n) is 13.6. The van der Waals surface area contributed by atoms with Crippen molar-refractivity contribution in [3.8, 4) is 5.75 Å². The Morgan fingerprint density at radius 1 is 1.21 bits per heavy atom. The van der Waals surface area contributed by atoms with Gasteiger partial charge in [0.1, 0.15) is 11.8 Å². The van der Waals surface area contributed by atoms with Crippen molar-refractivity contribution >= 4 is 32.5 Å². The molecular formula is C12H9F3N2O10S2. The monoisotopic (exact) mass is 462 g/mol. The molecule has 2 heterocycles. The van der Waals surface area contributed by atoms with Gasteiger partial charge in [0.25, 0.3) is 0 Å². The van der Waals surface area contributed by atoms with Crippen LogP contribution in [0.2, 0.25) is 0 Å². The van der Waals surface area contributed by atoms with Gasteiger partial charge in [-0.1, -0.05) is 12.1 Å². The van der Waals surface area contributed by atoms with Gasteiger partial charge in [0.2, 0.25) is 0 Å². The van der Waals surface area contributed by atoms with E-state index in [0.717, 1.165) is 18.2 Å². The molecule has 2 bridgehead atoms. The summed E-state index contributed by atoms with van der Waals surface area (Å²) >= 11 is 0. The summed E-state index contributed by atoms with van der Waals surface area (Å²) in [5.74, 6) is -2.64. The van der Waals surface area contributed by atoms with Crippen LogP contribution in [0, 0.1) is 0 Å². The fraction of sp³-hybridized carbons (Fsp3) is 0.333. The summed E-state index contributed by atoms with van der Waals surface area (Å²) in [6, 6.07) is -1.95. The van der Waals surface area contributed by atoms with E-state index in [-0.39, 0.29) is 10.6 Å². The molecule has 29 heavy (non-hydrogen) atoms. The van der Waals surface area contributed by atoms with Crippen LogP contribution in [0.5, 0.6) is 5.75 Å². The first kappa shape index (κ1) is 21.1. The van der Waals surface area contributed by atoms with Crippen LogP contribution in [0.25, 0.3) is 0 Å². The van der Waals surface area contributed by atoms with Crippen molar-refractivity contribution in [2.45, 2.75) is 17.6 Å². The molecule has 160 valence electrons. The molecule has 0 spiro atoms. The van der Waals surface area contributed by atoms with Crippen LogP contribution in [0.4, 0.5) is 18.0 Å². The molecule has 0 aliphatic carbocycles. The molecule has 1 fully saturated rings. The average molecular weight is 462 g/mol. The minimum atomic E-state index is -6.18. The Balaban J connectivity index is 2.20. The van der Waals surface area contributed by atoms with E-state index in [1.807, 2.05) is 0 Å². The number of hydroxylamine groups is 2. The third-order valence-electron chi connectivity index (χ3n) is 4.02. The molecule has 0 saturated carbocycles. The van der Waals surface area contributed by atoms with E-state index in [0.29, 0.717) is 4.90 Å². The molecule has 2 aliphatic heterocycles. The van der Waals surface area contributed by atoms with Crippen LogP contribution < -0.4 is 4.18 Å². The van der Waals surface area contributed by atoms with Gasteiger partial charge in [-0.05, 0) is 11.6 Å². The first-order valence-electron chi connectivity index (χ1n) is 7.27. The van der Waals surface area contributed by atoms with Gasteiger partial charge in [-0.15, -0.1) is 4.28 Å². The normalized spacial score (nSPS) is 21.9. The molecule has 0 aromatic heterocycles. The molecule has 2 amide bonds. The van der Waals surface area contributed by atoms with E-state index in [1.165, 1.54) is 0 Å². The van der Waals surface area contributed by atoms with Gasteiger partial charge in [0, 0.05) is 5.56 Å². The Kier molecular flexibility index (Phi) is 4.68. The maximum absolute atomic E-state index is 12.7. The highest BCUT2D eigenvalue weighted by atomic mass is 32.3. The van der Waals surface area contributed by atoms with Crippen LogP contribution in [0.3, 0.4) is 0 Å². The Morgan fingerprint density at radius 3 is 2.34 bits per heavy atom. The van der Waals surface area contributed by atoms with E-state index >= 15 is 0 Å². The average Bonchev–Trinajstić information content (AvgIpc) is 2.78. The number of fused-ring (bicyclic) bond motifs is 4. The van der Waals surface area contributed by atoms with Crippen LogP contribution in [0.1, 0.15) is 23.2 Å². The van der Waals surface area contributed by atoms with Crippen LogP contribution in [-0.2, 0) is 29.6 Å². The summed E-state index contributed by atoms with van der Waals surface area (Å²) in [5.41, 5.74) is -6.70. The van der Waals surface area contributed by atoms with Gasteiger partial charge >= 0.3 is 38.0 Å². The molecule has 12 nitrogen and oxygen atoms in total. The van der Waals surface area contributed by atoms with Crippen LogP contribution in [0.15, 0.2) is 18.2 Å². The lowest BCUT2D eigenvalue weighted by molar-refractivity contribution is -0.142. The van der Waals surface area contributed by atoms with Gasteiger partial charge in [-0.25, -0.2) is 9.59 Å². The number of carboxylic acid groups (broad SMARTS) is 1. The number of urea groups is 1. The minimum Gasteiger partial charge on any atom is -0.479 e. The largest absolute Gasteiger partial charge is 0.534 e. The summed E-state index contributed by atoms with van der Waals surface area (Å²) in [7, 11) is -11.5. The highest BCUT2D eigenvalue weighted by molar-refractivity contribution is 7.88. The summed E-state index contributed by atoms with van der Waals surface area (Å²) in [6.45, 7) is -0.606. The summed E-state index contributed by atoms with van der Waals surface area (Å²) < 4.78 is 99.9. The highest BCUT2D eigenvalue weighted by Crippen LogP contribution is 2.48. The number of aliphatic carboxylic acids is 1. The number of halogens is 3. The number of carbonyl (C=O) groups is 2. The number of benzene rings is 1. The van der Waals surface area contributed by atoms with E-state index in [1.54, 1.807) is 0 Å². The quantitative estimate of drug-likeness (QED) is 0.358. The Bertz CT molecular complexity index is 1100. The van der Waals surface area contributed by atoms with E-state index in [2.05, 4.69) is 8.47 Å². The fourth-order valence-electron chi connectivity index (χ4n) is 3.04. The molecule has 1 saturated heterocycles. The lowest BCUT2D eigenvalue weighted by Gasteiger charge is -2.31. The second-order valence-electron chi connectivity index (χ2n) is 5.76. The van der Waals surface area contributed by atoms with Crippen LogP contribution in [-0.4, -0.2) is 60.5 Å². The fourth-order valence-corrected chi connectivity index (χ4v) is 3.88. The summed E-state index contributed by atoms with van der Waals surface area (Å²) in [5, 5.41) is 9.44. The zero-order chi connectivity index (χ0) is 21.9. The second-order valence-corrected chi connectivity index (χ2v) is 8.30. The van der Waals surface area contributed by atoms with Crippen molar-refractivity contribution in [1.82, 2.24) is 9.96 Å². The highest BCUT2D eigenvalue weighted by Gasteiger charge is 2.55. The number of hydrogen-bond acceptors (Lipinski definition) is 8. The standard InChI is InChI=1S/C12H9F3N2O10S2/c13-12(14,15)28(21,22)26-7-3-1-2-5-8(7)6-4-16(9(5)10(18)19)11(20)17(6)27-29(23,24)25/h1-3,6,9H,4H2,(H,18,19)(H,23,24,25)/t6-,9-/m1/s1. The molecule has 2 N–H and O–H groups in total. The van der Waals surface area contributed by atoms with E-state index in [4.69, 9.17) is 4.55 Å². The maximum Gasteiger partial charge on any atom is 0.534 e. The molecule has 3 rings (SSSR count). The van der Waals surface area contributed by atoms with Crippen molar-refractivity contribution in [3.63, 3.8) is 0 Å². The lowest BCUT2D eigenvalue weighted by Crippen LogP contribution is -2.38. The van der Waals surface area contributed by atoms with Gasteiger partial charge in [-0.3, -0.25) is 4.55 Å². The van der Waals surface area contributed by atoms with E-state index in [9.17, 15) is 44.7 Å². The molecule has 1 aromatic carbocycles. The van der Waals surface area contributed by atoms with Crippen molar-refractivity contribution in [3.05, 3.63) is 29.3 Å². The van der Waals surface area contributed by atoms with Gasteiger partial charge in [0.05, 0.1) is 6.54 Å². The molecule has 0 radical (unpaired) electrons. The second kappa shape index (κ2) is 6.44. The predicted octanol–water partition coefficient (Wildman–Crippen LogP) is 0.567. The first-order valence-corrected chi connectivity index (χ1v) is 10.0. The van der Waals surface area contributed by atoms with Crippen molar-refractivity contribution < 1.29 is 57.7 Å². The Labute approximate surface area is 160 Å². The van der Waals surface area contributed by atoms with Gasteiger partial charge < -0.3 is 14.2 Å². The van der Waals surface area contributed by atoms with Crippen molar-refractivity contribution in [2.75, 3.05) is 6.54 Å². The Hall–Kier alpha value is -2.63. The number of alkyl halides is 3. The third kappa shape index (κ3) is 3.56. The summed E-state index contributed by atoms with van der Waals surface area (Å²) in [4.78, 5) is 24.6. The first-order chi connectivity index (χ1) is 13.1. The summed E-state index contributed by atoms with van der Waals surface area (Å²) in [6.07, 6.45) is 0. The number of amides is 2. The molecule has 2 aliphatic rings. The van der Waals surface area contributed by atoms with E-state index < -0.39 is 68.0 Å². The smallest absolute Gasteiger partial charge is 0.479 e. The number of hydrogen-bond donors (Lipinski definition) is 2. The predicted molar refractivity (Wildman–Crippen MR) is 81.7 cm³/mol. The maximum atomic E-state index is 12.7. The number of carboxylic acids is 1. The minimum absolute atomic E-state index is 0.00414. The number of nitrogens with zero attached hydrogens (tertiary/aromatic N) is 2. The van der Waals surface area contributed by atoms with Crippen molar-refractivity contribution in [2.24, 2.45) is 0 Å². The zero-order valence-corrected chi connectivity index (χ0v) is 15.2. The lowest BCUT2D eigenvalue weighted by atomic mass is 9.90. The third-order valence-corrected chi connectivity index (χ3v) is 5.33.